The Morgan fingerprint density at radius 3 is 2.95 bits per heavy atom. The molecule has 1 aromatic carbocycles. The Morgan fingerprint density at radius 2 is 2.21 bits per heavy atom. The van der Waals surface area contributed by atoms with Crippen LogP contribution in [-0.2, 0) is 11.2 Å². The van der Waals surface area contributed by atoms with E-state index in [0.29, 0.717) is 12.3 Å². The molecule has 0 saturated carbocycles. The van der Waals surface area contributed by atoms with Crippen LogP contribution in [0.5, 0.6) is 0 Å². The number of anilines is 1. The van der Waals surface area contributed by atoms with Crippen LogP contribution < -0.4 is 10.2 Å². The van der Waals surface area contributed by atoms with E-state index >= 15 is 0 Å². The molecule has 2 aliphatic heterocycles. The molecule has 2 heterocycles. The van der Waals surface area contributed by atoms with E-state index in [1.807, 2.05) is 4.90 Å². The predicted molar refractivity (Wildman–Crippen MR) is 77.6 cm³/mol. The summed E-state index contributed by atoms with van der Waals surface area (Å²) in [6.45, 7) is 7.31. The zero-order valence-electron chi connectivity index (χ0n) is 11.8. The third kappa shape index (κ3) is 2.27. The third-order valence-corrected chi connectivity index (χ3v) is 4.54. The lowest BCUT2D eigenvalue weighted by atomic mass is 9.98. The van der Waals surface area contributed by atoms with Gasteiger partial charge in [0.15, 0.2) is 0 Å². The lowest BCUT2D eigenvalue weighted by molar-refractivity contribution is -0.117. The summed E-state index contributed by atoms with van der Waals surface area (Å²) in [5, 5.41) is 3.44. The molecule has 1 amide bonds. The molecule has 1 saturated heterocycles. The summed E-state index contributed by atoms with van der Waals surface area (Å²) in [6, 6.07) is 4.25. The molecule has 0 spiro atoms. The SMILES string of the molecule is Cc1ccc2c(c1C)N(CC1CCCNC1)C(=O)C2. The normalized spacial score (nSPS) is 22.7. The maximum absolute atomic E-state index is 12.3. The van der Waals surface area contributed by atoms with Gasteiger partial charge in [0.2, 0.25) is 5.91 Å². The van der Waals surface area contributed by atoms with E-state index in [-0.39, 0.29) is 5.91 Å². The quantitative estimate of drug-likeness (QED) is 0.882. The average molecular weight is 258 g/mol. The molecule has 1 N–H and O–H groups in total. The van der Waals surface area contributed by atoms with Crippen molar-refractivity contribution in [3.63, 3.8) is 0 Å². The highest BCUT2D eigenvalue weighted by atomic mass is 16.2. The first-order chi connectivity index (χ1) is 9.16. The topological polar surface area (TPSA) is 32.3 Å². The number of rotatable bonds is 2. The summed E-state index contributed by atoms with van der Waals surface area (Å²) in [7, 11) is 0. The van der Waals surface area contributed by atoms with E-state index in [1.165, 1.54) is 35.2 Å². The number of amides is 1. The number of piperidine rings is 1. The number of benzene rings is 1. The van der Waals surface area contributed by atoms with Crippen LogP contribution in [0.2, 0.25) is 0 Å². The zero-order chi connectivity index (χ0) is 13.4. The second-order valence-electron chi connectivity index (χ2n) is 5.91. The number of nitrogens with one attached hydrogen (secondary N) is 1. The number of hydrogen-bond donors (Lipinski definition) is 1. The van der Waals surface area contributed by atoms with Gasteiger partial charge >= 0.3 is 0 Å². The van der Waals surface area contributed by atoms with Crippen LogP contribution in [0.25, 0.3) is 0 Å². The number of nitrogens with zero attached hydrogens (tertiary/aromatic N) is 1. The predicted octanol–water partition coefficient (Wildman–Crippen LogP) is 2.19. The number of carbonyl (C=O) groups is 1. The van der Waals surface area contributed by atoms with Crippen LogP contribution in [0.4, 0.5) is 5.69 Å². The van der Waals surface area contributed by atoms with Gasteiger partial charge in [0, 0.05) is 6.54 Å². The fourth-order valence-electron chi connectivity index (χ4n) is 3.29. The van der Waals surface area contributed by atoms with Crippen molar-refractivity contribution in [2.45, 2.75) is 33.1 Å². The van der Waals surface area contributed by atoms with E-state index in [0.717, 1.165) is 19.6 Å². The van der Waals surface area contributed by atoms with Crippen molar-refractivity contribution in [1.82, 2.24) is 5.32 Å². The van der Waals surface area contributed by atoms with Gasteiger partial charge in [0.25, 0.3) is 0 Å². The molecule has 1 aromatic rings. The first-order valence-corrected chi connectivity index (χ1v) is 7.27. The van der Waals surface area contributed by atoms with Crippen LogP contribution in [-0.4, -0.2) is 25.5 Å². The number of carbonyl (C=O) groups excluding carboxylic acids is 1. The van der Waals surface area contributed by atoms with Crippen molar-refractivity contribution < 1.29 is 4.79 Å². The minimum atomic E-state index is 0.272. The standard InChI is InChI=1S/C16H22N2O/c1-11-5-6-14-8-15(19)18(16(14)12(11)2)10-13-4-3-7-17-9-13/h5-6,13,17H,3-4,7-10H2,1-2H3. The zero-order valence-corrected chi connectivity index (χ0v) is 11.8. The molecule has 3 heteroatoms. The minimum Gasteiger partial charge on any atom is -0.316 e. The molecule has 3 nitrogen and oxygen atoms in total. The van der Waals surface area contributed by atoms with E-state index in [4.69, 9.17) is 0 Å². The molecular weight excluding hydrogens is 236 g/mol. The fraction of sp³-hybridized carbons (Fsp3) is 0.562. The molecule has 19 heavy (non-hydrogen) atoms. The van der Waals surface area contributed by atoms with Crippen molar-refractivity contribution >= 4 is 11.6 Å². The van der Waals surface area contributed by atoms with Gasteiger partial charge in [0.05, 0.1) is 12.1 Å². The second-order valence-corrected chi connectivity index (χ2v) is 5.91. The van der Waals surface area contributed by atoms with Crippen molar-refractivity contribution in [3.8, 4) is 0 Å². The first kappa shape index (κ1) is 12.7. The van der Waals surface area contributed by atoms with E-state index in [2.05, 4.69) is 31.3 Å². The molecule has 0 aromatic heterocycles. The monoisotopic (exact) mass is 258 g/mol. The van der Waals surface area contributed by atoms with Crippen LogP contribution in [0.3, 0.4) is 0 Å². The van der Waals surface area contributed by atoms with E-state index < -0.39 is 0 Å². The summed E-state index contributed by atoms with van der Waals surface area (Å²) in [5.41, 5.74) is 4.94. The Morgan fingerprint density at radius 1 is 1.37 bits per heavy atom. The van der Waals surface area contributed by atoms with Crippen molar-refractivity contribution in [3.05, 3.63) is 28.8 Å². The van der Waals surface area contributed by atoms with Crippen LogP contribution in [0.15, 0.2) is 12.1 Å². The molecule has 2 aliphatic rings. The maximum Gasteiger partial charge on any atom is 0.231 e. The molecular formula is C16H22N2O. The Hall–Kier alpha value is -1.35. The van der Waals surface area contributed by atoms with Gasteiger partial charge in [-0.15, -0.1) is 0 Å². The van der Waals surface area contributed by atoms with Gasteiger partial charge in [-0.2, -0.15) is 0 Å². The molecule has 3 rings (SSSR count). The van der Waals surface area contributed by atoms with Gasteiger partial charge < -0.3 is 10.2 Å². The Bertz CT molecular complexity index is 504. The van der Waals surface area contributed by atoms with Crippen LogP contribution in [0.1, 0.15) is 29.5 Å². The van der Waals surface area contributed by atoms with Crippen LogP contribution >= 0.6 is 0 Å². The molecule has 0 radical (unpaired) electrons. The molecule has 0 aliphatic carbocycles. The Balaban J connectivity index is 1.87. The highest BCUT2D eigenvalue weighted by molar-refractivity contribution is 6.02. The van der Waals surface area contributed by atoms with Crippen molar-refractivity contribution in [1.29, 1.82) is 0 Å². The van der Waals surface area contributed by atoms with Gasteiger partial charge in [-0.3, -0.25) is 4.79 Å². The fourth-order valence-corrected chi connectivity index (χ4v) is 3.29. The summed E-state index contributed by atoms with van der Waals surface area (Å²) in [4.78, 5) is 14.3. The molecule has 1 unspecified atom stereocenters. The lowest BCUT2D eigenvalue weighted by Gasteiger charge is -2.29. The third-order valence-electron chi connectivity index (χ3n) is 4.54. The smallest absolute Gasteiger partial charge is 0.231 e. The molecule has 102 valence electrons. The second kappa shape index (κ2) is 4.97. The lowest BCUT2D eigenvalue weighted by Crippen LogP contribution is -2.39. The highest BCUT2D eigenvalue weighted by Gasteiger charge is 2.31. The maximum atomic E-state index is 12.3. The van der Waals surface area contributed by atoms with Crippen molar-refractivity contribution in [2.24, 2.45) is 5.92 Å². The Labute approximate surface area is 115 Å². The first-order valence-electron chi connectivity index (χ1n) is 7.27. The molecule has 1 atom stereocenters. The summed E-state index contributed by atoms with van der Waals surface area (Å²) in [6.07, 6.45) is 3.04. The minimum absolute atomic E-state index is 0.272. The van der Waals surface area contributed by atoms with Gasteiger partial charge in [-0.25, -0.2) is 0 Å². The number of aryl methyl sites for hydroxylation is 1. The molecule has 1 fully saturated rings. The van der Waals surface area contributed by atoms with Gasteiger partial charge in [-0.05, 0) is 62.4 Å². The highest BCUT2D eigenvalue weighted by Crippen LogP contribution is 2.35. The van der Waals surface area contributed by atoms with Crippen molar-refractivity contribution in [2.75, 3.05) is 24.5 Å². The largest absolute Gasteiger partial charge is 0.316 e. The molecule has 0 bridgehead atoms. The Kier molecular flexibility index (Phi) is 3.31. The van der Waals surface area contributed by atoms with E-state index in [1.54, 1.807) is 0 Å². The van der Waals surface area contributed by atoms with Crippen LogP contribution in [0, 0.1) is 19.8 Å². The average Bonchev–Trinajstić information content (AvgIpc) is 2.73. The number of fused-ring (bicyclic) bond motifs is 1. The number of hydrogen-bond acceptors (Lipinski definition) is 2. The summed E-state index contributed by atoms with van der Waals surface area (Å²) in [5.74, 6) is 0.873. The summed E-state index contributed by atoms with van der Waals surface area (Å²) < 4.78 is 0. The van der Waals surface area contributed by atoms with E-state index in [9.17, 15) is 4.79 Å². The summed E-state index contributed by atoms with van der Waals surface area (Å²) >= 11 is 0. The van der Waals surface area contributed by atoms with Gasteiger partial charge in [0.1, 0.15) is 0 Å². The van der Waals surface area contributed by atoms with Gasteiger partial charge in [-0.1, -0.05) is 12.1 Å².